The Kier molecular flexibility index (Phi) is 4.94. The maximum absolute atomic E-state index is 11.8. The monoisotopic (exact) mass is 348 g/mol. The molecule has 0 unspecified atom stereocenters. The van der Waals surface area contributed by atoms with Gasteiger partial charge >= 0.3 is 5.97 Å². The Balaban J connectivity index is 1.91. The number of carboxylic acids is 1. The number of nitrogens with one attached hydrogen (secondary N) is 2. The fourth-order valence-corrected chi connectivity index (χ4v) is 1.95. The van der Waals surface area contributed by atoms with E-state index in [1.807, 2.05) is 24.3 Å². The second kappa shape index (κ2) is 6.90. The molecule has 0 radical (unpaired) electrons. The molecule has 6 heteroatoms. The first-order valence-electron chi connectivity index (χ1n) is 6.17. The van der Waals surface area contributed by atoms with Gasteiger partial charge in [-0.05, 0) is 42.5 Å². The molecule has 0 atom stereocenters. The summed E-state index contributed by atoms with van der Waals surface area (Å²) in [4.78, 5) is 22.7. The molecule has 0 aliphatic rings. The number of rotatable bonds is 5. The summed E-state index contributed by atoms with van der Waals surface area (Å²) in [6.07, 6.45) is 0. The minimum atomic E-state index is -1.03. The first kappa shape index (κ1) is 15.1. The highest BCUT2D eigenvalue weighted by molar-refractivity contribution is 9.10. The van der Waals surface area contributed by atoms with Crippen LogP contribution in [0.15, 0.2) is 53.0 Å². The normalized spacial score (nSPS) is 9.95. The maximum Gasteiger partial charge on any atom is 0.335 e. The largest absolute Gasteiger partial charge is 0.478 e. The summed E-state index contributed by atoms with van der Waals surface area (Å²) in [7, 11) is 0. The average molecular weight is 349 g/mol. The van der Waals surface area contributed by atoms with Crippen molar-refractivity contribution in [3.05, 3.63) is 58.6 Å². The molecule has 108 valence electrons. The molecule has 3 N–H and O–H groups in total. The predicted octanol–water partition coefficient (Wildman–Crippen LogP) is 3.20. The number of carbonyl (C=O) groups excluding carboxylic acids is 1. The Labute approximate surface area is 130 Å². The molecule has 1 amide bonds. The van der Waals surface area contributed by atoms with E-state index in [1.165, 1.54) is 12.1 Å². The smallest absolute Gasteiger partial charge is 0.335 e. The lowest BCUT2D eigenvalue weighted by Crippen LogP contribution is -2.21. The molecular weight excluding hydrogens is 336 g/mol. The van der Waals surface area contributed by atoms with E-state index in [-0.39, 0.29) is 18.0 Å². The van der Waals surface area contributed by atoms with Gasteiger partial charge in [0.1, 0.15) is 0 Å². The second-order valence-corrected chi connectivity index (χ2v) is 5.21. The summed E-state index contributed by atoms with van der Waals surface area (Å²) < 4.78 is 0.961. The number of hydrogen-bond donors (Lipinski definition) is 3. The molecule has 2 aromatic rings. The number of carbonyl (C=O) groups is 2. The zero-order valence-corrected chi connectivity index (χ0v) is 12.6. The Morgan fingerprint density at radius 3 is 2.43 bits per heavy atom. The van der Waals surface area contributed by atoms with Crippen molar-refractivity contribution >= 4 is 39.2 Å². The minimum absolute atomic E-state index is 0.0962. The van der Waals surface area contributed by atoms with Gasteiger partial charge in [0.05, 0.1) is 12.1 Å². The van der Waals surface area contributed by atoms with E-state index in [4.69, 9.17) is 5.11 Å². The Hall–Kier alpha value is -2.34. The van der Waals surface area contributed by atoms with Crippen molar-refractivity contribution in [1.82, 2.24) is 0 Å². The number of hydrogen-bond acceptors (Lipinski definition) is 3. The molecule has 2 rings (SSSR count). The van der Waals surface area contributed by atoms with E-state index in [2.05, 4.69) is 26.6 Å². The van der Waals surface area contributed by atoms with Gasteiger partial charge in [-0.25, -0.2) is 4.79 Å². The van der Waals surface area contributed by atoms with Crippen molar-refractivity contribution in [2.45, 2.75) is 0 Å². The molecule has 0 aromatic heterocycles. The number of anilines is 2. The number of halogens is 1. The molecular formula is C15H13BrN2O3. The average Bonchev–Trinajstić information content (AvgIpc) is 2.47. The third-order valence-electron chi connectivity index (χ3n) is 2.69. The highest BCUT2D eigenvalue weighted by Gasteiger charge is 2.06. The fraction of sp³-hybridized carbons (Fsp3) is 0.0667. The SMILES string of the molecule is O=C(CNc1ccc(Br)cc1)Nc1cccc(C(=O)O)c1. The molecule has 0 saturated heterocycles. The minimum Gasteiger partial charge on any atom is -0.478 e. The van der Waals surface area contributed by atoms with Gasteiger partial charge in [-0.15, -0.1) is 0 Å². The molecule has 0 fully saturated rings. The van der Waals surface area contributed by atoms with Crippen LogP contribution in [0.5, 0.6) is 0 Å². The van der Waals surface area contributed by atoms with Crippen LogP contribution >= 0.6 is 15.9 Å². The second-order valence-electron chi connectivity index (χ2n) is 4.29. The quantitative estimate of drug-likeness (QED) is 0.775. The zero-order valence-electron chi connectivity index (χ0n) is 11.0. The maximum atomic E-state index is 11.8. The molecule has 21 heavy (non-hydrogen) atoms. The Morgan fingerprint density at radius 1 is 1.05 bits per heavy atom. The van der Waals surface area contributed by atoms with Crippen LogP contribution in [-0.2, 0) is 4.79 Å². The van der Waals surface area contributed by atoms with Crippen LogP contribution in [0.25, 0.3) is 0 Å². The molecule has 0 bridgehead atoms. The number of carboxylic acid groups (broad SMARTS) is 1. The first-order chi connectivity index (χ1) is 10.0. The van der Waals surface area contributed by atoms with Crippen molar-refractivity contribution in [1.29, 1.82) is 0 Å². The summed E-state index contributed by atoms with van der Waals surface area (Å²) in [5, 5.41) is 14.5. The predicted molar refractivity (Wildman–Crippen MR) is 84.7 cm³/mol. The lowest BCUT2D eigenvalue weighted by Gasteiger charge is -2.08. The van der Waals surface area contributed by atoms with Crippen LogP contribution in [0.4, 0.5) is 11.4 Å². The van der Waals surface area contributed by atoms with E-state index in [9.17, 15) is 9.59 Å². The van der Waals surface area contributed by atoms with Crippen molar-refractivity contribution in [2.24, 2.45) is 0 Å². The van der Waals surface area contributed by atoms with E-state index in [1.54, 1.807) is 12.1 Å². The summed E-state index contributed by atoms with van der Waals surface area (Å²) in [6.45, 7) is 0.0962. The van der Waals surface area contributed by atoms with Crippen LogP contribution in [0.3, 0.4) is 0 Å². The molecule has 0 saturated carbocycles. The van der Waals surface area contributed by atoms with E-state index >= 15 is 0 Å². The molecule has 0 spiro atoms. The van der Waals surface area contributed by atoms with Crippen LogP contribution in [-0.4, -0.2) is 23.5 Å². The van der Waals surface area contributed by atoms with Gasteiger partial charge in [0, 0.05) is 15.8 Å². The van der Waals surface area contributed by atoms with Crippen LogP contribution in [0.2, 0.25) is 0 Å². The van der Waals surface area contributed by atoms with Gasteiger partial charge in [-0.1, -0.05) is 22.0 Å². The van der Waals surface area contributed by atoms with E-state index < -0.39 is 5.97 Å². The van der Waals surface area contributed by atoms with Gasteiger partial charge in [-0.2, -0.15) is 0 Å². The molecule has 2 aromatic carbocycles. The molecule has 5 nitrogen and oxygen atoms in total. The van der Waals surface area contributed by atoms with Gasteiger partial charge in [0.2, 0.25) is 5.91 Å². The molecule has 0 heterocycles. The van der Waals surface area contributed by atoms with Crippen LogP contribution in [0.1, 0.15) is 10.4 Å². The van der Waals surface area contributed by atoms with Gasteiger partial charge in [-0.3, -0.25) is 4.79 Å². The summed E-state index contributed by atoms with van der Waals surface area (Å²) >= 11 is 3.33. The van der Waals surface area contributed by atoms with Gasteiger partial charge < -0.3 is 15.7 Å². The third-order valence-corrected chi connectivity index (χ3v) is 3.22. The molecule has 0 aliphatic carbocycles. The standard InChI is InChI=1S/C15H13BrN2O3/c16-11-4-6-12(7-5-11)17-9-14(19)18-13-3-1-2-10(8-13)15(20)21/h1-8,17H,9H2,(H,18,19)(H,20,21). The number of aromatic carboxylic acids is 1. The topological polar surface area (TPSA) is 78.4 Å². The Morgan fingerprint density at radius 2 is 1.76 bits per heavy atom. The summed E-state index contributed by atoms with van der Waals surface area (Å²) in [5.41, 5.74) is 1.42. The lowest BCUT2D eigenvalue weighted by atomic mass is 10.2. The van der Waals surface area contributed by atoms with Gasteiger partial charge in [0.25, 0.3) is 0 Å². The zero-order chi connectivity index (χ0) is 15.2. The van der Waals surface area contributed by atoms with E-state index in [0.29, 0.717) is 5.69 Å². The summed E-state index contributed by atoms with van der Waals surface area (Å²) in [5.74, 6) is -1.28. The van der Waals surface area contributed by atoms with Crippen molar-refractivity contribution in [3.8, 4) is 0 Å². The highest BCUT2D eigenvalue weighted by atomic mass is 79.9. The third kappa shape index (κ3) is 4.61. The van der Waals surface area contributed by atoms with Crippen molar-refractivity contribution in [3.63, 3.8) is 0 Å². The van der Waals surface area contributed by atoms with Crippen LogP contribution in [0, 0.1) is 0 Å². The fourth-order valence-electron chi connectivity index (χ4n) is 1.69. The van der Waals surface area contributed by atoms with Crippen molar-refractivity contribution < 1.29 is 14.7 Å². The summed E-state index contributed by atoms with van der Waals surface area (Å²) in [6, 6.07) is 13.6. The van der Waals surface area contributed by atoms with E-state index in [0.717, 1.165) is 10.2 Å². The van der Waals surface area contributed by atoms with Crippen molar-refractivity contribution in [2.75, 3.05) is 17.2 Å². The first-order valence-corrected chi connectivity index (χ1v) is 6.96. The number of amides is 1. The highest BCUT2D eigenvalue weighted by Crippen LogP contribution is 2.14. The number of benzene rings is 2. The van der Waals surface area contributed by atoms with Gasteiger partial charge in [0.15, 0.2) is 0 Å². The molecule has 0 aliphatic heterocycles. The van der Waals surface area contributed by atoms with Crippen LogP contribution < -0.4 is 10.6 Å². The Bertz CT molecular complexity index is 656. The lowest BCUT2D eigenvalue weighted by molar-refractivity contribution is -0.114.